The number of hydrogen-bond acceptors (Lipinski definition) is 6. The van der Waals surface area contributed by atoms with Crippen LogP contribution in [-0.2, 0) is 16.1 Å². The second-order valence-electron chi connectivity index (χ2n) is 6.68. The lowest BCUT2D eigenvalue weighted by Crippen LogP contribution is -2.38. The van der Waals surface area contributed by atoms with Gasteiger partial charge in [0.25, 0.3) is 5.91 Å². The first-order valence-corrected chi connectivity index (χ1v) is 9.27. The van der Waals surface area contributed by atoms with Gasteiger partial charge in [-0.1, -0.05) is 0 Å². The summed E-state index contributed by atoms with van der Waals surface area (Å²) < 4.78 is 10.7. The highest BCUT2D eigenvalue weighted by Gasteiger charge is 2.27. The fraction of sp³-hybridized carbons (Fsp3) is 0.500. The zero-order valence-corrected chi connectivity index (χ0v) is 15.9. The fourth-order valence-electron chi connectivity index (χ4n) is 3.33. The number of hydrogen-bond donors (Lipinski definition) is 0. The first-order valence-electron chi connectivity index (χ1n) is 9.27. The number of carbonyl (C=O) groups excluding carboxylic acids is 1. The summed E-state index contributed by atoms with van der Waals surface area (Å²) in [5.41, 5.74) is 2.76. The second-order valence-corrected chi connectivity index (χ2v) is 6.68. The van der Waals surface area contributed by atoms with Crippen LogP contribution in [0.1, 0.15) is 46.2 Å². The molecule has 1 fully saturated rings. The molecule has 2 aromatic rings. The third-order valence-electron chi connectivity index (χ3n) is 4.80. The van der Waals surface area contributed by atoms with E-state index in [1.165, 1.54) is 0 Å². The molecule has 7 nitrogen and oxygen atoms in total. The van der Waals surface area contributed by atoms with Gasteiger partial charge in [-0.2, -0.15) is 0 Å². The molecule has 0 unspecified atom stereocenters. The minimum atomic E-state index is 0.0674. The Morgan fingerprint density at radius 3 is 2.67 bits per heavy atom. The molecule has 0 radical (unpaired) electrons. The number of aryl methyl sites for hydroxylation is 1. The number of nitrogens with zero attached hydrogens (tertiary/aromatic N) is 4. The summed E-state index contributed by atoms with van der Waals surface area (Å²) >= 11 is 0. The van der Waals surface area contributed by atoms with Gasteiger partial charge in [-0.3, -0.25) is 9.78 Å². The lowest BCUT2D eigenvalue weighted by atomic mass is 9.90. The largest absolute Gasteiger partial charge is 0.382 e. The molecule has 1 saturated heterocycles. The molecule has 27 heavy (non-hydrogen) atoms. The molecule has 1 aliphatic rings. The first kappa shape index (κ1) is 19.4. The van der Waals surface area contributed by atoms with E-state index >= 15 is 0 Å². The maximum absolute atomic E-state index is 12.6. The number of ether oxygens (including phenoxy) is 2. The van der Waals surface area contributed by atoms with Crippen molar-refractivity contribution >= 4 is 5.91 Å². The molecule has 2 aromatic heterocycles. The van der Waals surface area contributed by atoms with Crippen LogP contribution in [0.25, 0.3) is 0 Å². The quantitative estimate of drug-likeness (QED) is 0.697. The van der Waals surface area contributed by atoms with Gasteiger partial charge in [0.15, 0.2) is 0 Å². The molecule has 144 valence electrons. The highest BCUT2D eigenvalue weighted by atomic mass is 16.5. The van der Waals surface area contributed by atoms with E-state index in [0.717, 1.165) is 43.0 Å². The highest BCUT2D eigenvalue weighted by molar-refractivity contribution is 5.94. The molecule has 0 aliphatic carbocycles. The Balaban J connectivity index is 1.63. The summed E-state index contributed by atoms with van der Waals surface area (Å²) in [5, 5.41) is 0. The molecule has 1 amide bonds. The van der Waals surface area contributed by atoms with Crippen LogP contribution in [0.2, 0.25) is 0 Å². The van der Waals surface area contributed by atoms with Gasteiger partial charge in [-0.25, -0.2) is 9.97 Å². The van der Waals surface area contributed by atoms with Gasteiger partial charge in [0, 0.05) is 55.8 Å². The number of aromatic nitrogens is 3. The lowest BCUT2D eigenvalue weighted by molar-refractivity contribution is 0.0604. The zero-order valence-electron chi connectivity index (χ0n) is 15.9. The van der Waals surface area contributed by atoms with Crippen LogP contribution in [0.3, 0.4) is 0 Å². The number of methoxy groups -OCH3 is 1. The maximum Gasteiger partial charge on any atom is 0.253 e. The Bertz CT molecular complexity index is 746. The summed E-state index contributed by atoms with van der Waals surface area (Å²) in [4.78, 5) is 27.5. The Kier molecular flexibility index (Phi) is 6.84. The van der Waals surface area contributed by atoms with Crippen LogP contribution < -0.4 is 0 Å². The lowest BCUT2D eigenvalue weighted by Gasteiger charge is -2.32. The summed E-state index contributed by atoms with van der Waals surface area (Å²) in [5.74, 6) is 1.15. The van der Waals surface area contributed by atoms with Crippen LogP contribution in [-0.4, -0.2) is 59.2 Å². The van der Waals surface area contributed by atoms with E-state index in [2.05, 4.69) is 15.0 Å². The fourth-order valence-corrected chi connectivity index (χ4v) is 3.33. The topological polar surface area (TPSA) is 77.4 Å². The zero-order chi connectivity index (χ0) is 19.1. The van der Waals surface area contributed by atoms with Gasteiger partial charge in [0.05, 0.1) is 25.5 Å². The minimum Gasteiger partial charge on any atom is -0.382 e. The minimum absolute atomic E-state index is 0.0674. The molecule has 0 aromatic carbocycles. The van der Waals surface area contributed by atoms with Gasteiger partial charge < -0.3 is 14.4 Å². The van der Waals surface area contributed by atoms with Gasteiger partial charge in [-0.15, -0.1) is 0 Å². The molecule has 0 atom stereocenters. The van der Waals surface area contributed by atoms with Gasteiger partial charge in [-0.05, 0) is 31.9 Å². The molecule has 0 bridgehead atoms. The molecule has 3 heterocycles. The first-order chi connectivity index (χ1) is 13.2. The Hall–Kier alpha value is -2.38. The van der Waals surface area contributed by atoms with Crippen molar-refractivity contribution < 1.29 is 14.3 Å². The van der Waals surface area contributed by atoms with E-state index in [1.54, 1.807) is 31.6 Å². The summed E-state index contributed by atoms with van der Waals surface area (Å²) in [6.07, 6.45) is 6.94. The molecular formula is C20H26N4O3. The van der Waals surface area contributed by atoms with Crippen molar-refractivity contribution in [1.82, 2.24) is 19.9 Å². The number of rotatable bonds is 7. The van der Waals surface area contributed by atoms with Crippen molar-refractivity contribution in [2.24, 2.45) is 0 Å². The Labute approximate surface area is 159 Å². The molecule has 0 saturated carbocycles. The summed E-state index contributed by atoms with van der Waals surface area (Å²) in [6, 6.07) is 3.52. The van der Waals surface area contributed by atoms with E-state index in [4.69, 9.17) is 9.47 Å². The molecule has 0 spiro atoms. The standard InChI is InChI=1S/C20H26N4O3/c1-15-22-13-18(14-27-12-11-26-2)19(23-15)16-5-9-24(10-6-16)20(25)17-3-7-21-8-4-17/h3-4,7-8,13,16H,5-6,9-12,14H2,1-2H3. The van der Waals surface area contributed by atoms with Crippen LogP contribution in [0, 0.1) is 6.92 Å². The predicted octanol–water partition coefficient (Wildman–Crippen LogP) is 2.36. The third kappa shape index (κ3) is 5.08. The SMILES string of the molecule is COCCOCc1cnc(C)nc1C1CCN(C(=O)c2ccncc2)CC1. The van der Waals surface area contributed by atoms with E-state index < -0.39 is 0 Å². The molecule has 7 heteroatoms. The number of likely N-dealkylation sites (tertiary alicyclic amines) is 1. The van der Waals surface area contributed by atoms with Crippen molar-refractivity contribution in [2.75, 3.05) is 33.4 Å². The van der Waals surface area contributed by atoms with Crippen molar-refractivity contribution in [3.8, 4) is 0 Å². The van der Waals surface area contributed by atoms with Gasteiger partial charge in [0.2, 0.25) is 0 Å². The van der Waals surface area contributed by atoms with Gasteiger partial charge in [0.1, 0.15) is 5.82 Å². The van der Waals surface area contributed by atoms with Crippen molar-refractivity contribution in [2.45, 2.75) is 32.3 Å². The maximum atomic E-state index is 12.6. The number of amides is 1. The Morgan fingerprint density at radius 2 is 1.96 bits per heavy atom. The molecule has 3 rings (SSSR count). The number of piperidine rings is 1. The Morgan fingerprint density at radius 1 is 1.22 bits per heavy atom. The monoisotopic (exact) mass is 370 g/mol. The van der Waals surface area contributed by atoms with Crippen molar-refractivity contribution in [3.63, 3.8) is 0 Å². The average Bonchev–Trinajstić information content (AvgIpc) is 2.72. The highest BCUT2D eigenvalue weighted by Crippen LogP contribution is 2.30. The average molecular weight is 370 g/mol. The van der Waals surface area contributed by atoms with Crippen LogP contribution in [0.4, 0.5) is 0 Å². The summed E-state index contributed by atoms with van der Waals surface area (Å²) in [7, 11) is 1.66. The van der Waals surface area contributed by atoms with E-state index in [9.17, 15) is 4.79 Å². The van der Waals surface area contributed by atoms with Crippen LogP contribution in [0.15, 0.2) is 30.7 Å². The predicted molar refractivity (Wildman–Crippen MR) is 100 cm³/mol. The van der Waals surface area contributed by atoms with Crippen molar-refractivity contribution in [1.29, 1.82) is 0 Å². The van der Waals surface area contributed by atoms with E-state index in [0.29, 0.717) is 31.3 Å². The second kappa shape index (κ2) is 9.53. The molecule has 1 aliphatic heterocycles. The van der Waals surface area contributed by atoms with Crippen molar-refractivity contribution in [3.05, 3.63) is 53.4 Å². The molecular weight excluding hydrogens is 344 g/mol. The number of carbonyl (C=O) groups is 1. The smallest absolute Gasteiger partial charge is 0.253 e. The van der Waals surface area contributed by atoms with Crippen LogP contribution >= 0.6 is 0 Å². The van der Waals surface area contributed by atoms with E-state index in [-0.39, 0.29) is 5.91 Å². The summed E-state index contributed by atoms with van der Waals surface area (Å²) in [6.45, 7) is 4.94. The van der Waals surface area contributed by atoms with Crippen LogP contribution in [0.5, 0.6) is 0 Å². The van der Waals surface area contributed by atoms with Gasteiger partial charge >= 0.3 is 0 Å². The molecule has 0 N–H and O–H groups in total. The normalized spacial score (nSPS) is 15.1. The van der Waals surface area contributed by atoms with E-state index in [1.807, 2.05) is 18.0 Å². The number of pyridine rings is 1. The third-order valence-corrected chi connectivity index (χ3v) is 4.80.